The summed E-state index contributed by atoms with van der Waals surface area (Å²) in [7, 11) is 0. The van der Waals surface area contributed by atoms with E-state index in [1.54, 1.807) is 6.21 Å². The Morgan fingerprint density at radius 1 is 1.00 bits per heavy atom. The first-order chi connectivity index (χ1) is 17.0. The van der Waals surface area contributed by atoms with Crippen molar-refractivity contribution in [3.63, 3.8) is 0 Å². The van der Waals surface area contributed by atoms with Gasteiger partial charge in [0.2, 0.25) is 0 Å². The van der Waals surface area contributed by atoms with Gasteiger partial charge in [0.05, 0.1) is 16.4 Å². The van der Waals surface area contributed by atoms with E-state index in [9.17, 15) is 4.79 Å². The molecule has 0 unspecified atom stereocenters. The van der Waals surface area contributed by atoms with E-state index in [0.717, 1.165) is 25.9 Å². The van der Waals surface area contributed by atoms with Crippen LogP contribution in [0, 0.1) is 10.5 Å². The van der Waals surface area contributed by atoms with Crippen LogP contribution in [-0.4, -0.2) is 18.9 Å². The minimum absolute atomic E-state index is 0.412. The van der Waals surface area contributed by atoms with Gasteiger partial charge in [0.15, 0.2) is 11.5 Å². The molecule has 6 nitrogen and oxygen atoms in total. The predicted octanol–water partition coefficient (Wildman–Crippen LogP) is 6.89. The van der Waals surface area contributed by atoms with Gasteiger partial charge in [-0.3, -0.25) is 0 Å². The second-order valence-corrected chi connectivity index (χ2v) is 8.99. The molecule has 0 saturated heterocycles. The number of nitrogens with zero attached hydrogens (tertiary/aromatic N) is 1. The van der Waals surface area contributed by atoms with Crippen molar-refractivity contribution in [1.82, 2.24) is 5.43 Å². The normalized spacial score (nSPS) is 10.9. The number of fused-ring (bicyclic) bond motifs is 1. The lowest BCUT2D eigenvalue weighted by atomic mass is 10.1. The van der Waals surface area contributed by atoms with Gasteiger partial charge in [-0.15, -0.1) is 0 Å². The van der Waals surface area contributed by atoms with Crippen LogP contribution >= 0.6 is 22.6 Å². The first kappa shape index (κ1) is 24.5. The molecule has 0 saturated carbocycles. The van der Waals surface area contributed by atoms with Crippen molar-refractivity contribution in [3.05, 3.63) is 99.1 Å². The van der Waals surface area contributed by atoms with Gasteiger partial charge in [0.1, 0.15) is 6.61 Å². The highest BCUT2D eigenvalue weighted by molar-refractivity contribution is 14.1. The molecule has 0 fully saturated rings. The third kappa shape index (κ3) is 6.30. The summed E-state index contributed by atoms with van der Waals surface area (Å²) in [5.74, 6) is 1.31. The molecule has 0 atom stereocenters. The van der Waals surface area contributed by atoms with Crippen LogP contribution in [0.1, 0.15) is 23.6 Å². The monoisotopic (exact) mass is 579 g/mol. The number of nitrogens with one attached hydrogen (secondary N) is 2. The zero-order valence-electron chi connectivity index (χ0n) is 19.5. The van der Waals surface area contributed by atoms with E-state index in [1.807, 2.05) is 68.4 Å². The fourth-order valence-corrected chi connectivity index (χ4v) is 4.44. The number of rotatable bonds is 8. The lowest BCUT2D eigenvalue weighted by Crippen LogP contribution is -2.24. The summed E-state index contributed by atoms with van der Waals surface area (Å²) in [6, 6.07) is 25.4. The number of urea groups is 1. The van der Waals surface area contributed by atoms with Gasteiger partial charge in [0, 0.05) is 5.69 Å². The fourth-order valence-electron chi connectivity index (χ4n) is 3.66. The molecule has 7 heteroatoms. The number of aryl methyl sites for hydroxylation is 1. The second-order valence-electron chi connectivity index (χ2n) is 7.83. The molecule has 2 N–H and O–H groups in total. The maximum absolute atomic E-state index is 12.2. The second kappa shape index (κ2) is 11.7. The summed E-state index contributed by atoms with van der Waals surface area (Å²) in [5.41, 5.74) is 6.10. The molecule has 4 aromatic carbocycles. The molecule has 2 amide bonds. The molecule has 4 aromatic rings. The number of hydrogen-bond donors (Lipinski definition) is 2. The molecular formula is C28H26IN3O3. The van der Waals surface area contributed by atoms with E-state index < -0.39 is 6.03 Å². The summed E-state index contributed by atoms with van der Waals surface area (Å²) in [4.78, 5) is 12.2. The maximum atomic E-state index is 12.2. The summed E-state index contributed by atoms with van der Waals surface area (Å²) in [6.07, 6.45) is 1.58. The summed E-state index contributed by atoms with van der Waals surface area (Å²) < 4.78 is 13.0. The topological polar surface area (TPSA) is 72.0 Å². The van der Waals surface area contributed by atoms with Crippen LogP contribution in [0.2, 0.25) is 0 Å². The minimum atomic E-state index is -0.412. The average Bonchev–Trinajstić information content (AvgIpc) is 2.85. The zero-order chi connectivity index (χ0) is 24.6. The van der Waals surface area contributed by atoms with Gasteiger partial charge in [0.25, 0.3) is 0 Å². The van der Waals surface area contributed by atoms with Crippen LogP contribution < -0.4 is 20.2 Å². The lowest BCUT2D eigenvalue weighted by molar-refractivity contribution is 0.252. The van der Waals surface area contributed by atoms with Crippen LogP contribution in [0.3, 0.4) is 0 Å². The van der Waals surface area contributed by atoms with E-state index in [-0.39, 0.29) is 0 Å². The number of hydrazone groups is 1. The number of carbonyl (C=O) groups excluding carboxylic acids is 1. The molecule has 0 aromatic heterocycles. The smallest absolute Gasteiger partial charge is 0.339 e. The van der Waals surface area contributed by atoms with Crippen molar-refractivity contribution >= 4 is 51.3 Å². The Labute approximate surface area is 218 Å². The van der Waals surface area contributed by atoms with Crippen molar-refractivity contribution in [1.29, 1.82) is 0 Å². The number of amides is 2. The number of ether oxygens (including phenoxy) is 2. The third-order valence-corrected chi connectivity index (χ3v) is 6.16. The number of hydrogen-bond acceptors (Lipinski definition) is 4. The SMILES string of the molecule is CCOc1cc(C=NNC(=O)Nc2ccccc2C)cc(I)c1OCc1cccc2ccccc12. The largest absolute Gasteiger partial charge is 0.490 e. The van der Waals surface area contributed by atoms with Crippen LogP contribution in [0.15, 0.2) is 84.0 Å². The van der Waals surface area contributed by atoms with Crippen LogP contribution in [-0.2, 0) is 6.61 Å². The molecule has 0 aliphatic rings. The molecule has 0 aliphatic heterocycles. The van der Waals surface area contributed by atoms with E-state index >= 15 is 0 Å². The predicted molar refractivity (Wildman–Crippen MR) is 150 cm³/mol. The molecule has 0 aliphatic carbocycles. The van der Waals surface area contributed by atoms with Gasteiger partial charge >= 0.3 is 6.03 Å². The van der Waals surface area contributed by atoms with E-state index in [1.165, 1.54) is 10.8 Å². The van der Waals surface area contributed by atoms with Crippen molar-refractivity contribution < 1.29 is 14.3 Å². The first-order valence-corrected chi connectivity index (χ1v) is 12.3. The standard InChI is InChI=1S/C28H26IN3O3/c1-3-34-26-16-20(17-30-32-28(33)31-25-14-7-4-9-19(25)2)15-24(29)27(26)35-18-22-12-8-11-21-10-5-6-13-23(21)22/h4-17H,3,18H2,1-2H3,(H2,31,32,33). The highest BCUT2D eigenvalue weighted by atomic mass is 127. The van der Waals surface area contributed by atoms with E-state index in [4.69, 9.17) is 9.47 Å². The Balaban J connectivity index is 1.46. The molecule has 178 valence electrons. The molecular weight excluding hydrogens is 553 g/mol. The van der Waals surface area contributed by atoms with Gasteiger partial charge in [-0.1, -0.05) is 60.7 Å². The zero-order valence-corrected chi connectivity index (χ0v) is 21.7. The van der Waals surface area contributed by atoms with Crippen molar-refractivity contribution in [2.24, 2.45) is 5.10 Å². The highest BCUT2D eigenvalue weighted by Crippen LogP contribution is 2.35. The molecule has 35 heavy (non-hydrogen) atoms. The van der Waals surface area contributed by atoms with E-state index in [2.05, 4.69) is 62.7 Å². The molecule has 0 heterocycles. The van der Waals surface area contributed by atoms with Gasteiger partial charge in [-0.25, -0.2) is 10.2 Å². The van der Waals surface area contributed by atoms with Gasteiger partial charge in [-0.05, 0) is 82.1 Å². The highest BCUT2D eigenvalue weighted by Gasteiger charge is 2.13. The Morgan fingerprint density at radius 3 is 2.60 bits per heavy atom. The van der Waals surface area contributed by atoms with E-state index in [0.29, 0.717) is 24.7 Å². The Bertz CT molecular complexity index is 1370. The van der Waals surface area contributed by atoms with Crippen LogP contribution in [0.5, 0.6) is 11.5 Å². The van der Waals surface area contributed by atoms with Crippen LogP contribution in [0.25, 0.3) is 10.8 Å². The summed E-state index contributed by atoms with van der Waals surface area (Å²) >= 11 is 2.23. The Morgan fingerprint density at radius 2 is 1.77 bits per heavy atom. The van der Waals surface area contributed by atoms with Gasteiger partial charge in [-0.2, -0.15) is 5.10 Å². The molecule has 0 bridgehead atoms. The molecule has 0 radical (unpaired) electrons. The fraction of sp³-hybridized carbons (Fsp3) is 0.143. The quantitative estimate of drug-likeness (QED) is 0.136. The van der Waals surface area contributed by atoms with Gasteiger partial charge < -0.3 is 14.8 Å². The summed E-state index contributed by atoms with van der Waals surface area (Å²) in [6.45, 7) is 4.78. The lowest BCUT2D eigenvalue weighted by Gasteiger charge is -2.15. The number of carbonyl (C=O) groups is 1. The minimum Gasteiger partial charge on any atom is -0.490 e. The number of halogens is 1. The third-order valence-electron chi connectivity index (χ3n) is 5.36. The number of para-hydroxylation sites is 1. The molecule has 4 rings (SSSR count). The average molecular weight is 579 g/mol. The maximum Gasteiger partial charge on any atom is 0.339 e. The first-order valence-electron chi connectivity index (χ1n) is 11.3. The molecule has 0 spiro atoms. The van der Waals surface area contributed by atoms with Crippen LogP contribution in [0.4, 0.5) is 10.5 Å². The number of benzene rings is 4. The summed E-state index contributed by atoms with van der Waals surface area (Å²) in [5, 5.41) is 9.21. The Kier molecular flexibility index (Phi) is 8.20. The number of anilines is 1. The van der Waals surface area contributed by atoms with Crippen molar-refractivity contribution in [2.45, 2.75) is 20.5 Å². The Hall–Kier alpha value is -3.59. The van der Waals surface area contributed by atoms with Crippen molar-refractivity contribution in [3.8, 4) is 11.5 Å². The van der Waals surface area contributed by atoms with Crippen molar-refractivity contribution in [2.75, 3.05) is 11.9 Å².